The summed E-state index contributed by atoms with van der Waals surface area (Å²) < 4.78 is 5.78. The summed E-state index contributed by atoms with van der Waals surface area (Å²) in [4.78, 5) is 19.1. The van der Waals surface area contributed by atoms with Gasteiger partial charge < -0.3 is 20.3 Å². The molecular weight excluding hydrogens is 340 g/mol. The van der Waals surface area contributed by atoms with Gasteiger partial charge >= 0.3 is 6.03 Å². The summed E-state index contributed by atoms with van der Waals surface area (Å²) in [5, 5.41) is 6.11. The number of nitrogens with zero attached hydrogens (tertiary/aromatic N) is 2. The number of rotatable bonds is 4. The van der Waals surface area contributed by atoms with Crippen molar-refractivity contribution in [1.82, 2.24) is 15.6 Å². The Morgan fingerprint density at radius 3 is 2.41 bits per heavy atom. The molecule has 2 fully saturated rings. The van der Waals surface area contributed by atoms with E-state index in [0.717, 1.165) is 37.3 Å². The molecule has 6 heteroatoms. The van der Waals surface area contributed by atoms with Gasteiger partial charge in [0.05, 0.1) is 12.2 Å². The Kier molecular flexibility index (Phi) is 7.33. The first kappa shape index (κ1) is 19.9. The monoisotopic (exact) mass is 374 g/mol. The Morgan fingerprint density at radius 1 is 1.11 bits per heavy atom. The topological polar surface area (TPSA) is 66.5 Å². The molecule has 3 rings (SSSR count). The van der Waals surface area contributed by atoms with E-state index in [2.05, 4.69) is 34.4 Å². The Bertz CT molecular complexity index is 574. The smallest absolute Gasteiger partial charge is 0.315 e. The summed E-state index contributed by atoms with van der Waals surface area (Å²) in [5.41, 5.74) is 1.01. The minimum Gasteiger partial charge on any atom is -0.372 e. The van der Waals surface area contributed by atoms with Gasteiger partial charge in [0.25, 0.3) is 0 Å². The van der Waals surface area contributed by atoms with E-state index in [9.17, 15) is 4.79 Å². The molecule has 2 amide bonds. The third-order valence-corrected chi connectivity index (χ3v) is 5.45. The lowest BCUT2D eigenvalue weighted by Crippen LogP contribution is -2.45. The van der Waals surface area contributed by atoms with E-state index >= 15 is 0 Å². The summed E-state index contributed by atoms with van der Waals surface area (Å²) in [5.74, 6) is 0.972. The zero-order chi connectivity index (χ0) is 19.1. The van der Waals surface area contributed by atoms with Gasteiger partial charge in [-0.15, -0.1) is 0 Å². The third-order valence-electron chi connectivity index (χ3n) is 5.45. The van der Waals surface area contributed by atoms with Gasteiger partial charge in [0.15, 0.2) is 0 Å². The fraction of sp³-hybridized carbons (Fsp3) is 0.714. The summed E-state index contributed by atoms with van der Waals surface area (Å²) in [6.07, 6.45) is 10.8. The van der Waals surface area contributed by atoms with Crippen LogP contribution in [0.25, 0.3) is 0 Å². The standard InChI is InChI=1S/C21H34N4O2/c1-16-14-25(15-17(2)27-16)20-11-10-18(12-22-20)13-23-21(26)24-19-8-6-4-3-5-7-9-19/h10-12,16-17,19H,3-9,13-15H2,1-2H3,(H2,23,24,26). The molecule has 0 bridgehead atoms. The molecule has 150 valence electrons. The van der Waals surface area contributed by atoms with Crippen LogP contribution >= 0.6 is 0 Å². The number of amides is 2. The molecule has 1 aliphatic heterocycles. The van der Waals surface area contributed by atoms with Gasteiger partial charge in [-0.3, -0.25) is 0 Å². The maximum absolute atomic E-state index is 12.2. The Labute approximate surface area is 163 Å². The van der Waals surface area contributed by atoms with E-state index in [1.807, 2.05) is 18.3 Å². The molecule has 2 unspecified atom stereocenters. The van der Waals surface area contributed by atoms with Crippen LogP contribution in [-0.2, 0) is 11.3 Å². The molecule has 27 heavy (non-hydrogen) atoms. The van der Waals surface area contributed by atoms with Gasteiger partial charge in [0.1, 0.15) is 5.82 Å². The summed E-state index contributed by atoms with van der Waals surface area (Å²) in [7, 11) is 0. The fourth-order valence-electron chi connectivity index (χ4n) is 4.09. The highest BCUT2D eigenvalue weighted by atomic mass is 16.5. The molecule has 1 aromatic rings. The number of carbonyl (C=O) groups is 1. The van der Waals surface area contributed by atoms with E-state index in [4.69, 9.17) is 4.74 Å². The molecule has 2 heterocycles. The molecule has 0 aromatic carbocycles. The van der Waals surface area contributed by atoms with Crippen molar-refractivity contribution in [1.29, 1.82) is 0 Å². The number of ether oxygens (including phenoxy) is 1. The Hall–Kier alpha value is -1.82. The third kappa shape index (κ3) is 6.38. The van der Waals surface area contributed by atoms with Crippen molar-refractivity contribution < 1.29 is 9.53 Å². The molecule has 1 saturated carbocycles. The highest BCUT2D eigenvalue weighted by Crippen LogP contribution is 2.19. The molecule has 2 aliphatic rings. The van der Waals surface area contributed by atoms with Crippen LogP contribution in [0.1, 0.15) is 64.4 Å². The first-order valence-corrected chi connectivity index (χ1v) is 10.5. The minimum absolute atomic E-state index is 0.0690. The number of carbonyl (C=O) groups excluding carboxylic acids is 1. The van der Waals surface area contributed by atoms with E-state index in [1.165, 1.54) is 32.1 Å². The molecule has 6 nitrogen and oxygen atoms in total. The first-order valence-electron chi connectivity index (χ1n) is 10.5. The van der Waals surface area contributed by atoms with Crippen LogP contribution in [0.2, 0.25) is 0 Å². The van der Waals surface area contributed by atoms with Crippen molar-refractivity contribution in [2.75, 3.05) is 18.0 Å². The van der Waals surface area contributed by atoms with Gasteiger partial charge in [-0.05, 0) is 38.3 Å². The predicted octanol–water partition coefficient (Wildman–Crippen LogP) is 3.61. The number of hydrogen-bond donors (Lipinski definition) is 2. The van der Waals surface area contributed by atoms with E-state index < -0.39 is 0 Å². The molecule has 2 N–H and O–H groups in total. The number of morpholine rings is 1. The van der Waals surface area contributed by atoms with Crippen molar-refractivity contribution in [3.8, 4) is 0 Å². The second-order valence-electron chi connectivity index (χ2n) is 8.06. The molecule has 1 aliphatic carbocycles. The van der Waals surface area contributed by atoms with Crippen LogP contribution in [0.15, 0.2) is 18.3 Å². The van der Waals surface area contributed by atoms with Crippen LogP contribution in [0.4, 0.5) is 10.6 Å². The lowest BCUT2D eigenvalue weighted by atomic mass is 9.97. The fourth-order valence-corrected chi connectivity index (χ4v) is 4.09. The number of hydrogen-bond acceptors (Lipinski definition) is 4. The maximum atomic E-state index is 12.2. The molecule has 0 radical (unpaired) electrons. The maximum Gasteiger partial charge on any atom is 0.315 e. The zero-order valence-electron chi connectivity index (χ0n) is 16.7. The van der Waals surface area contributed by atoms with Crippen LogP contribution in [0.3, 0.4) is 0 Å². The highest BCUT2D eigenvalue weighted by molar-refractivity contribution is 5.74. The molecule has 1 saturated heterocycles. The summed E-state index contributed by atoms with van der Waals surface area (Å²) in [6, 6.07) is 4.33. The highest BCUT2D eigenvalue weighted by Gasteiger charge is 2.23. The minimum atomic E-state index is -0.0690. The largest absolute Gasteiger partial charge is 0.372 e. The lowest BCUT2D eigenvalue weighted by molar-refractivity contribution is -0.00546. The molecule has 0 spiro atoms. The van der Waals surface area contributed by atoms with Crippen LogP contribution in [0, 0.1) is 0 Å². The van der Waals surface area contributed by atoms with E-state index in [-0.39, 0.29) is 18.2 Å². The van der Waals surface area contributed by atoms with Gasteiger partial charge in [0.2, 0.25) is 0 Å². The summed E-state index contributed by atoms with van der Waals surface area (Å²) >= 11 is 0. The normalized spacial score (nSPS) is 24.7. The Morgan fingerprint density at radius 2 is 1.78 bits per heavy atom. The predicted molar refractivity (Wildman–Crippen MR) is 108 cm³/mol. The Balaban J connectivity index is 1.44. The zero-order valence-corrected chi connectivity index (χ0v) is 16.7. The molecular formula is C21H34N4O2. The number of nitrogens with one attached hydrogen (secondary N) is 2. The van der Waals surface area contributed by atoms with Gasteiger partial charge in [-0.1, -0.05) is 38.2 Å². The average molecular weight is 375 g/mol. The van der Waals surface area contributed by atoms with Gasteiger partial charge in [-0.25, -0.2) is 9.78 Å². The lowest BCUT2D eigenvalue weighted by Gasteiger charge is -2.36. The van der Waals surface area contributed by atoms with E-state index in [0.29, 0.717) is 12.6 Å². The molecule has 2 atom stereocenters. The number of pyridine rings is 1. The first-order chi connectivity index (χ1) is 13.1. The van der Waals surface area contributed by atoms with Gasteiger partial charge in [0, 0.05) is 31.9 Å². The quantitative estimate of drug-likeness (QED) is 0.845. The van der Waals surface area contributed by atoms with Crippen molar-refractivity contribution in [2.45, 2.75) is 83.6 Å². The van der Waals surface area contributed by atoms with Crippen LogP contribution in [0.5, 0.6) is 0 Å². The average Bonchev–Trinajstić information content (AvgIpc) is 2.62. The number of aromatic nitrogens is 1. The van der Waals surface area contributed by atoms with Crippen molar-refractivity contribution in [2.24, 2.45) is 0 Å². The van der Waals surface area contributed by atoms with Crippen LogP contribution in [-0.4, -0.2) is 42.4 Å². The van der Waals surface area contributed by atoms with Crippen molar-refractivity contribution in [3.63, 3.8) is 0 Å². The van der Waals surface area contributed by atoms with E-state index in [1.54, 1.807) is 0 Å². The summed E-state index contributed by atoms with van der Waals surface area (Å²) in [6.45, 7) is 6.41. The number of urea groups is 1. The second kappa shape index (κ2) is 9.93. The van der Waals surface area contributed by atoms with Crippen LogP contribution < -0.4 is 15.5 Å². The SMILES string of the molecule is CC1CN(c2ccc(CNC(=O)NC3CCCCCCC3)cn2)CC(C)O1. The van der Waals surface area contributed by atoms with Crippen molar-refractivity contribution in [3.05, 3.63) is 23.9 Å². The second-order valence-corrected chi connectivity index (χ2v) is 8.06. The molecule has 1 aromatic heterocycles. The van der Waals surface area contributed by atoms with Crippen molar-refractivity contribution >= 4 is 11.8 Å². The number of anilines is 1. The van der Waals surface area contributed by atoms with Gasteiger partial charge in [-0.2, -0.15) is 0 Å².